The normalized spacial score (nSPS) is 12.2. The maximum atomic E-state index is 11.0. The van der Waals surface area contributed by atoms with Crippen LogP contribution in [0, 0.1) is 0 Å². The molecule has 70 valence electrons. The van der Waals surface area contributed by atoms with Gasteiger partial charge in [-0.15, -0.1) is 9.24 Å². The van der Waals surface area contributed by atoms with Crippen LogP contribution in [-0.4, -0.2) is 17.6 Å². The number of rotatable bonds is 4. The summed E-state index contributed by atoms with van der Waals surface area (Å²) in [5.74, 6) is -0.982. The van der Waals surface area contributed by atoms with Gasteiger partial charge in [-0.2, -0.15) is 0 Å². The molecule has 3 nitrogen and oxygen atoms in total. The Morgan fingerprint density at radius 3 is 2.50 bits per heavy atom. The minimum atomic E-state index is -0.538. The van der Waals surface area contributed by atoms with Crippen molar-refractivity contribution in [1.29, 1.82) is 0 Å². The van der Waals surface area contributed by atoms with Crippen LogP contribution in [0.25, 0.3) is 0 Å². The van der Waals surface area contributed by atoms with Crippen molar-refractivity contribution in [3.63, 3.8) is 0 Å². The first-order chi connectivity index (χ1) is 5.57. The fourth-order valence-corrected chi connectivity index (χ4v) is 1.06. The van der Waals surface area contributed by atoms with Gasteiger partial charge in [0.2, 0.25) is 0 Å². The molecule has 0 spiro atoms. The van der Waals surface area contributed by atoms with Crippen molar-refractivity contribution in [2.75, 3.05) is 0 Å². The van der Waals surface area contributed by atoms with Crippen LogP contribution in [0.1, 0.15) is 33.1 Å². The smallest absolute Gasteiger partial charge is 0.320 e. The van der Waals surface area contributed by atoms with Gasteiger partial charge in [-0.25, -0.2) is 0 Å². The third-order valence-corrected chi connectivity index (χ3v) is 2.02. The zero-order chi connectivity index (χ0) is 9.56. The van der Waals surface area contributed by atoms with E-state index in [0.717, 1.165) is 19.3 Å². The van der Waals surface area contributed by atoms with Crippen molar-refractivity contribution in [2.24, 2.45) is 0 Å². The van der Waals surface area contributed by atoms with Crippen LogP contribution >= 0.6 is 9.24 Å². The van der Waals surface area contributed by atoms with E-state index in [2.05, 4.69) is 14.0 Å². The number of ether oxygens (including phenoxy) is 1. The lowest BCUT2D eigenvalue weighted by molar-refractivity contribution is -0.157. The molecule has 0 N–H and O–H groups in total. The summed E-state index contributed by atoms with van der Waals surface area (Å²) >= 11 is 0. The summed E-state index contributed by atoms with van der Waals surface area (Å²) in [4.78, 5) is 21.4. The van der Waals surface area contributed by atoms with E-state index in [1.807, 2.05) is 6.92 Å². The Morgan fingerprint density at radius 1 is 1.50 bits per heavy atom. The standard InChI is InChI=1S/C8H15O3P/c1-3-4-5-7(12)8(10)11-6(2)9/h7H,3-5,12H2,1-2H3. The largest absolute Gasteiger partial charge is 0.393 e. The molecule has 0 aliphatic carbocycles. The number of carbonyl (C=O) groups is 2. The number of esters is 2. The average Bonchev–Trinajstić information content (AvgIpc) is 1.98. The molecular formula is C8H15O3P. The van der Waals surface area contributed by atoms with Gasteiger partial charge in [0.05, 0.1) is 5.66 Å². The summed E-state index contributed by atoms with van der Waals surface area (Å²) in [6, 6.07) is 0. The van der Waals surface area contributed by atoms with Crippen LogP contribution in [-0.2, 0) is 14.3 Å². The minimum absolute atomic E-state index is 0.242. The molecule has 0 rings (SSSR count). The molecule has 0 radical (unpaired) electrons. The second-order valence-electron chi connectivity index (χ2n) is 2.66. The van der Waals surface area contributed by atoms with Crippen molar-refractivity contribution in [1.82, 2.24) is 0 Å². The van der Waals surface area contributed by atoms with E-state index in [9.17, 15) is 9.59 Å². The Hall–Kier alpha value is -0.430. The highest BCUT2D eigenvalue weighted by atomic mass is 31.0. The summed E-state index contributed by atoms with van der Waals surface area (Å²) in [6.45, 7) is 3.28. The van der Waals surface area contributed by atoms with Crippen molar-refractivity contribution in [3.05, 3.63) is 0 Å². The Bertz CT molecular complexity index is 168. The van der Waals surface area contributed by atoms with Gasteiger partial charge in [0.15, 0.2) is 0 Å². The molecule has 0 saturated carbocycles. The SMILES string of the molecule is CCCCC(P)C(=O)OC(C)=O. The fourth-order valence-electron chi connectivity index (χ4n) is 0.759. The maximum Gasteiger partial charge on any atom is 0.320 e. The molecule has 0 aromatic rings. The highest BCUT2D eigenvalue weighted by Gasteiger charge is 2.15. The molecule has 0 bridgehead atoms. The van der Waals surface area contributed by atoms with Gasteiger partial charge in [0.25, 0.3) is 0 Å². The van der Waals surface area contributed by atoms with Gasteiger partial charge in [0.1, 0.15) is 0 Å². The molecule has 2 atom stereocenters. The van der Waals surface area contributed by atoms with Crippen LogP contribution < -0.4 is 0 Å². The summed E-state index contributed by atoms with van der Waals surface area (Å²) < 4.78 is 4.41. The molecule has 0 aliphatic heterocycles. The molecule has 0 aliphatic rings. The van der Waals surface area contributed by atoms with E-state index in [-0.39, 0.29) is 5.66 Å². The maximum absolute atomic E-state index is 11.0. The third-order valence-electron chi connectivity index (χ3n) is 1.42. The molecule has 0 aromatic carbocycles. The second-order valence-corrected chi connectivity index (χ2v) is 3.47. The van der Waals surface area contributed by atoms with Crippen LogP contribution in [0.4, 0.5) is 0 Å². The molecule has 0 saturated heterocycles. The predicted octanol–water partition coefficient (Wildman–Crippen LogP) is 1.51. The number of carbonyl (C=O) groups excluding carboxylic acids is 2. The molecule has 12 heavy (non-hydrogen) atoms. The summed E-state index contributed by atoms with van der Waals surface area (Å²) in [6.07, 6.45) is 2.77. The zero-order valence-corrected chi connectivity index (χ0v) is 8.66. The lowest BCUT2D eigenvalue weighted by atomic mass is 10.2. The molecule has 2 unspecified atom stereocenters. The predicted molar refractivity (Wildman–Crippen MR) is 49.8 cm³/mol. The highest BCUT2D eigenvalue weighted by Crippen LogP contribution is 2.11. The lowest BCUT2D eigenvalue weighted by Crippen LogP contribution is -2.19. The Morgan fingerprint density at radius 2 is 2.08 bits per heavy atom. The van der Waals surface area contributed by atoms with Crippen molar-refractivity contribution >= 4 is 21.2 Å². The summed E-state index contributed by atoms with van der Waals surface area (Å²) in [5.41, 5.74) is -0.242. The molecule has 0 amide bonds. The van der Waals surface area contributed by atoms with Crippen molar-refractivity contribution in [3.8, 4) is 0 Å². The number of hydrogen-bond acceptors (Lipinski definition) is 3. The quantitative estimate of drug-likeness (QED) is 0.383. The van der Waals surface area contributed by atoms with Gasteiger partial charge in [0, 0.05) is 6.92 Å². The first kappa shape index (κ1) is 11.6. The van der Waals surface area contributed by atoms with E-state index in [0.29, 0.717) is 0 Å². The van der Waals surface area contributed by atoms with Crippen LogP contribution in [0.5, 0.6) is 0 Å². The molecular weight excluding hydrogens is 175 g/mol. The molecule has 0 fully saturated rings. The van der Waals surface area contributed by atoms with Crippen LogP contribution in [0.3, 0.4) is 0 Å². The van der Waals surface area contributed by atoms with Gasteiger partial charge >= 0.3 is 11.9 Å². The van der Waals surface area contributed by atoms with Crippen LogP contribution in [0.15, 0.2) is 0 Å². The number of unbranched alkanes of at least 4 members (excludes halogenated alkanes) is 1. The van der Waals surface area contributed by atoms with Crippen molar-refractivity contribution in [2.45, 2.75) is 38.8 Å². The van der Waals surface area contributed by atoms with Crippen LogP contribution in [0.2, 0.25) is 0 Å². The van der Waals surface area contributed by atoms with E-state index >= 15 is 0 Å². The van der Waals surface area contributed by atoms with Gasteiger partial charge < -0.3 is 4.74 Å². The van der Waals surface area contributed by atoms with Gasteiger partial charge in [-0.3, -0.25) is 9.59 Å². The average molecular weight is 190 g/mol. The second kappa shape index (κ2) is 6.13. The van der Waals surface area contributed by atoms with Crippen molar-refractivity contribution < 1.29 is 14.3 Å². The first-order valence-corrected chi connectivity index (χ1v) is 4.72. The first-order valence-electron chi connectivity index (χ1n) is 4.05. The zero-order valence-electron chi connectivity index (χ0n) is 7.50. The fraction of sp³-hybridized carbons (Fsp3) is 0.750. The lowest BCUT2D eigenvalue weighted by Gasteiger charge is -2.07. The third kappa shape index (κ3) is 5.25. The van der Waals surface area contributed by atoms with E-state index < -0.39 is 11.9 Å². The molecule has 4 heteroatoms. The van der Waals surface area contributed by atoms with Gasteiger partial charge in [-0.05, 0) is 6.42 Å². The van der Waals surface area contributed by atoms with E-state index in [1.165, 1.54) is 6.92 Å². The Labute approximate surface area is 75.1 Å². The summed E-state index contributed by atoms with van der Waals surface area (Å²) in [7, 11) is 2.39. The van der Waals surface area contributed by atoms with E-state index in [4.69, 9.17) is 0 Å². The highest BCUT2D eigenvalue weighted by molar-refractivity contribution is 7.19. The van der Waals surface area contributed by atoms with Gasteiger partial charge in [-0.1, -0.05) is 19.8 Å². The summed E-state index contributed by atoms with van der Waals surface area (Å²) in [5, 5.41) is 0. The molecule has 0 aromatic heterocycles. The minimum Gasteiger partial charge on any atom is -0.393 e. The molecule has 0 heterocycles. The Kier molecular flexibility index (Phi) is 5.91. The monoisotopic (exact) mass is 190 g/mol. The Balaban J connectivity index is 3.69. The topological polar surface area (TPSA) is 43.4 Å². The van der Waals surface area contributed by atoms with E-state index in [1.54, 1.807) is 0 Å². The number of hydrogen-bond donors (Lipinski definition) is 0.